The Labute approximate surface area is 200 Å². The summed E-state index contributed by atoms with van der Waals surface area (Å²) in [5.41, 5.74) is 6.97. The van der Waals surface area contributed by atoms with E-state index in [4.69, 9.17) is 15.2 Å². The Morgan fingerprint density at radius 3 is 2.83 bits per heavy atom. The first-order valence-corrected chi connectivity index (χ1v) is 11.3. The van der Waals surface area contributed by atoms with Crippen molar-refractivity contribution in [2.24, 2.45) is 16.6 Å². The van der Waals surface area contributed by atoms with Gasteiger partial charge in [0.1, 0.15) is 11.5 Å². The zero-order chi connectivity index (χ0) is 20.5. The van der Waals surface area contributed by atoms with Gasteiger partial charge in [0.15, 0.2) is 5.96 Å². The Hall–Kier alpha value is -1.52. The average molecular weight is 545 g/mol. The van der Waals surface area contributed by atoms with Crippen LogP contribution in [0.15, 0.2) is 40.7 Å². The summed E-state index contributed by atoms with van der Waals surface area (Å²) in [7, 11) is 0. The van der Waals surface area contributed by atoms with E-state index in [0.717, 1.165) is 43.4 Å². The number of benzene rings is 1. The fourth-order valence-corrected chi connectivity index (χ4v) is 4.36. The van der Waals surface area contributed by atoms with E-state index >= 15 is 0 Å². The molecule has 30 heavy (non-hydrogen) atoms. The van der Waals surface area contributed by atoms with E-state index in [1.54, 1.807) is 0 Å². The van der Waals surface area contributed by atoms with Crippen molar-refractivity contribution in [2.75, 3.05) is 38.2 Å². The molecular formula is C22H33IN4O2S. The molecule has 1 aromatic carbocycles. The first-order chi connectivity index (χ1) is 14.2. The van der Waals surface area contributed by atoms with Crippen LogP contribution in [0, 0.1) is 5.92 Å². The molecule has 0 spiro atoms. The zero-order valence-corrected chi connectivity index (χ0v) is 20.9. The van der Waals surface area contributed by atoms with Crippen molar-refractivity contribution >= 4 is 47.0 Å². The molecule has 1 saturated heterocycles. The maximum Gasteiger partial charge on any atom is 0.193 e. The van der Waals surface area contributed by atoms with E-state index in [1.807, 2.05) is 43.4 Å². The van der Waals surface area contributed by atoms with Crippen molar-refractivity contribution in [3.05, 3.63) is 40.6 Å². The lowest BCUT2D eigenvalue weighted by atomic mass is 9.98. The lowest BCUT2D eigenvalue weighted by Crippen LogP contribution is -2.36. The number of hydrogen-bond donors (Lipinski definition) is 2. The molecule has 2 aromatic rings. The third-order valence-electron chi connectivity index (χ3n) is 4.91. The van der Waals surface area contributed by atoms with Crippen molar-refractivity contribution in [2.45, 2.75) is 33.2 Å². The highest BCUT2D eigenvalue weighted by molar-refractivity contribution is 14.0. The second-order valence-corrected chi connectivity index (χ2v) is 8.23. The summed E-state index contributed by atoms with van der Waals surface area (Å²) in [6.45, 7) is 9.12. The molecule has 0 bridgehead atoms. The Morgan fingerprint density at radius 2 is 2.10 bits per heavy atom. The highest BCUT2D eigenvalue weighted by Gasteiger charge is 2.20. The summed E-state index contributed by atoms with van der Waals surface area (Å²) in [6.07, 6.45) is 2.41. The maximum absolute atomic E-state index is 6.19. The Morgan fingerprint density at radius 1 is 1.27 bits per heavy atom. The number of piperidine rings is 1. The molecule has 0 aliphatic carbocycles. The molecule has 2 heterocycles. The van der Waals surface area contributed by atoms with Gasteiger partial charge < -0.3 is 20.5 Å². The van der Waals surface area contributed by atoms with E-state index in [9.17, 15) is 0 Å². The molecule has 1 aliphatic heterocycles. The van der Waals surface area contributed by atoms with Crippen molar-refractivity contribution in [3.63, 3.8) is 0 Å². The fourth-order valence-electron chi connectivity index (χ4n) is 3.62. The van der Waals surface area contributed by atoms with E-state index in [1.165, 1.54) is 17.7 Å². The van der Waals surface area contributed by atoms with Crippen LogP contribution in [-0.2, 0) is 6.54 Å². The van der Waals surface area contributed by atoms with Gasteiger partial charge in [-0.2, -0.15) is 0 Å². The number of anilines is 1. The highest BCUT2D eigenvalue weighted by Crippen LogP contribution is 2.29. The second kappa shape index (κ2) is 13.0. The zero-order valence-electron chi connectivity index (χ0n) is 17.8. The van der Waals surface area contributed by atoms with E-state index in [-0.39, 0.29) is 24.0 Å². The first-order valence-electron chi connectivity index (χ1n) is 10.4. The number of ether oxygens (including phenoxy) is 2. The summed E-state index contributed by atoms with van der Waals surface area (Å²) < 4.78 is 11.3. The molecule has 1 atom stereocenters. The van der Waals surface area contributed by atoms with Gasteiger partial charge in [0.2, 0.25) is 0 Å². The van der Waals surface area contributed by atoms with E-state index < -0.39 is 0 Å². The molecule has 3 rings (SSSR count). The van der Waals surface area contributed by atoms with Crippen LogP contribution in [0.4, 0.5) is 5.69 Å². The monoisotopic (exact) mass is 544 g/mol. The van der Waals surface area contributed by atoms with Crippen molar-refractivity contribution in [1.82, 2.24) is 4.90 Å². The molecule has 0 radical (unpaired) electrons. The van der Waals surface area contributed by atoms with Gasteiger partial charge in [-0.15, -0.1) is 35.3 Å². The Balaban J connectivity index is 0.00000320. The third kappa shape index (κ3) is 7.63. The van der Waals surface area contributed by atoms with Crippen molar-refractivity contribution in [1.29, 1.82) is 0 Å². The number of nitrogens with zero attached hydrogens (tertiary/aromatic N) is 2. The molecule has 166 valence electrons. The van der Waals surface area contributed by atoms with Crippen LogP contribution in [-0.4, -0.2) is 43.7 Å². The highest BCUT2D eigenvalue weighted by atomic mass is 127. The molecule has 0 amide bonds. The standard InChI is InChI=1S/C22H32N4O2S.HI/c1-3-27-18-9-10-21(28-4-2)20(13-18)25-22(23)24-14-17-7-5-11-26(15-17)16-19-8-6-12-29-19;/h6,8-10,12-13,17H,3-5,7,11,14-16H2,1-2H3,(H3,23,24,25);1H. The Kier molecular flexibility index (Phi) is 10.7. The van der Waals surface area contributed by atoms with Crippen molar-refractivity contribution in [3.8, 4) is 11.5 Å². The van der Waals surface area contributed by atoms with Gasteiger partial charge in [0.25, 0.3) is 0 Å². The number of nitrogens with one attached hydrogen (secondary N) is 1. The summed E-state index contributed by atoms with van der Waals surface area (Å²) in [6, 6.07) is 10.0. The molecular weight excluding hydrogens is 511 g/mol. The first kappa shape index (κ1) is 24.7. The maximum atomic E-state index is 6.19. The SMILES string of the molecule is CCOc1ccc(OCC)c(NC(N)=NCC2CCCN(Cc3cccs3)C2)c1.I. The van der Waals surface area contributed by atoms with Crippen LogP contribution in [0.3, 0.4) is 0 Å². The predicted octanol–water partition coefficient (Wildman–Crippen LogP) is 4.80. The summed E-state index contributed by atoms with van der Waals surface area (Å²) in [4.78, 5) is 8.56. The molecule has 0 saturated carbocycles. The lowest BCUT2D eigenvalue weighted by molar-refractivity contribution is 0.172. The second-order valence-electron chi connectivity index (χ2n) is 7.20. The number of nitrogens with two attached hydrogens (primary N) is 1. The largest absolute Gasteiger partial charge is 0.494 e. The fraction of sp³-hybridized carbons (Fsp3) is 0.500. The average Bonchev–Trinajstić information content (AvgIpc) is 3.22. The number of rotatable bonds is 9. The van der Waals surface area contributed by atoms with Crippen LogP contribution in [0.2, 0.25) is 0 Å². The van der Waals surface area contributed by atoms with Crippen LogP contribution < -0.4 is 20.5 Å². The van der Waals surface area contributed by atoms with E-state index in [0.29, 0.717) is 25.1 Å². The van der Waals surface area contributed by atoms with Gasteiger partial charge in [-0.1, -0.05) is 6.07 Å². The van der Waals surface area contributed by atoms with Gasteiger partial charge in [0.05, 0.1) is 18.9 Å². The molecule has 1 unspecified atom stereocenters. The molecule has 6 nitrogen and oxygen atoms in total. The normalized spacial score (nSPS) is 17.3. The molecule has 1 aromatic heterocycles. The van der Waals surface area contributed by atoms with E-state index in [2.05, 4.69) is 32.7 Å². The van der Waals surface area contributed by atoms with Crippen LogP contribution in [0.25, 0.3) is 0 Å². The Bertz CT molecular complexity index is 785. The number of hydrogen-bond acceptors (Lipinski definition) is 5. The van der Waals surface area contributed by atoms with Gasteiger partial charge in [-0.3, -0.25) is 9.89 Å². The minimum absolute atomic E-state index is 0. The molecule has 8 heteroatoms. The molecule has 1 aliphatic rings. The number of thiophene rings is 1. The lowest BCUT2D eigenvalue weighted by Gasteiger charge is -2.31. The third-order valence-corrected chi connectivity index (χ3v) is 5.77. The topological polar surface area (TPSA) is 72.1 Å². The van der Waals surface area contributed by atoms with Crippen LogP contribution in [0.5, 0.6) is 11.5 Å². The molecule has 1 fully saturated rings. The minimum Gasteiger partial charge on any atom is -0.494 e. The number of likely N-dealkylation sites (tertiary alicyclic amines) is 1. The quantitative estimate of drug-likeness (QED) is 0.270. The van der Waals surface area contributed by atoms with Crippen LogP contribution >= 0.6 is 35.3 Å². The van der Waals surface area contributed by atoms with Gasteiger partial charge in [0, 0.05) is 30.6 Å². The summed E-state index contributed by atoms with van der Waals surface area (Å²) >= 11 is 1.83. The number of halogens is 1. The molecule has 3 N–H and O–H groups in total. The number of guanidine groups is 1. The van der Waals surface area contributed by atoms with Crippen molar-refractivity contribution < 1.29 is 9.47 Å². The summed E-state index contributed by atoms with van der Waals surface area (Å²) in [5.74, 6) is 2.47. The van der Waals surface area contributed by atoms with Gasteiger partial charge in [-0.05, 0) is 62.7 Å². The smallest absolute Gasteiger partial charge is 0.193 e. The predicted molar refractivity (Wildman–Crippen MR) is 137 cm³/mol. The minimum atomic E-state index is 0. The van der Waals surface area contributed by atoms with Gasteiger partial charge in [-0.25, -0.2) is 0 Å². The summed E-state index contributed by atoms with van der Waals surface area (Å²) in [5, 5.41) is 5.34. The van der Waals surface area contributed by atoms with Gasteiger partial charge >= 0.3 is 0 Å². The van der Waals surface area contributed by atoms with Crippen LogP contribution in [0.1, 0.15) is 31.6 Å². The number of aliphatic imine (C=N–C) groups is 1.